The fourth-order valence-electron chi connectivity index (χ4n) is 4.03. The van der Waals surface area contributed by atoms with Crippen LogP contribution in [0.25, 0.3) is 0 Å². The molecule has 0 amide bonds. The highest BCUT2D eigenvalue weighted by Gasteiger charge is 2.45. The van der Waals surface area contributed by atoms with Crippen LogP contribution in [-0.4, -0.2) is 12.2 Å². The van der Waals surface area contributed by atoms with Crippen LogP contribution in [0.2, 0.25) is 0 Å². The van der Waals surface area contributed by atoms with Crippen LogP contribution < -0.4 is 5.73 Å². The van der Waals surface area contributed by atoms with Crippen LogP contribution in [-0.2, 0) is 10.3 Å². The molecule has 20 heavy (non-hydrogen) atoms. The van der Waals surface area contributed by atoms with Crippen LogP contribution in [0.1, 0.15) is 51.0 Å². The van der Waals surface area contributed by atoms with Crippen molar-refractivity contribution in [2.45, 2.75) is 56.6 Å². The summed E-state index contributed by atoms with van der Waals surface area (Å²) >= 11 is 0. The summed E-state index contributed by atoms with van der Waals surface area (Å²) in [4.78, 5) is 0. The quantitative estimate of drug-likeness (QED) is 0.893. The molecule has 1 aromatic rings. The third-order valence-corrected chi connectivity index (χ3v) is 5.31. The van der Waals surface area contributed by atoms with Crippen LogP contribution in [0.15, 0.2) is 24.3 Å². The summed E-state index contributed by atoms with van der Waals surface area (Å²) in [5, 5.41) is 0. The molecular weight excluding hydrogens is 253 g/mol. The van der Waals surface area contributed by atoms with Crippen molar-refractivity contribution in [1.82, 2.24) is 0 Å². The number of hydrogen-bond donors (Lipinski definition) is 1. The second-order valence-electron chi connectivity index (χ2n) is 6.69. The van der Waals surface area contributed by atoms with Gasteiger partial charge in [0, 0.05) is 17.7 Å². The van der Waals surface area contributed by atoms with E-state index < -0.39 is 5.54 Å². The van der Waals surface area contributed by atoms with Gasteiger partial charge < -0.3 is 10.5 Å². The van der Waals surface area contributed by atoms with Crippen molar-refractivity contribution in [3.05, 3.63) is 35.6 Å². The van der Waals surface area contributed by atoms with Crippen molar-refractivity contribution in [3.8, 4) is 0 Å². The molecule has 110 valence electrons. The molecule has 2 aliphatic rings. The lowest BCUT2D eigenvalue weighted by atomic mass is 9.71. The van der Waals surface area contributed by atoms with E-state index in [1.807, 2.05) is 19.1 Å². The highest BCUT2D eigenvalue weighted by atomic mass is 19.1. The van der Waals surface area contributed by atoms with Crippen molar-refractivity contribution >= 4 is 0 Å². The van der Waals surface area contributed by atoms with Crippen LogP contribution in [0.3, 0.4) is 0 Å². The third-order valence-electron chi connectivity index (χ3n) is 5.31. The molecule has 2 atom stereocenters. The molecule has 2 nitrogen and oxygen atoms in total. The van der Waals surface area contributed by atoms with Gasteiger partial charge in [0.2, 0.25) is 0 Å². The van der Waals surface area contributed by atoms with E-state index in [-0.39, 0.29) is 17.3 Å². The molecule has 2 unspecified atom stereocenters. The predicted molar refractivity (Wildman–Crippen MR) is 77.8 cm³/mol. The molecule has 1 spiro atoms. The maximum atomic E-state index is 14.1. The van der Waals surface area contributed by atoms with Gasteiger partial charge in [-0.2, -0.15) is 0 Å². The highest BCUT2D eigenvalue weighted by Crippen LogP contribution is 2.46. The molecule has 2 N–H and O–H groups in total. The van der Waals surface area contributed by atoms with E-state index >= 15 is 0 Å². The topological polar surface area (TPSA) is 35.2 Å². The Morgan fingerprint density at radius 3 is 2.70 bits per heavy atom. The van der Waals surface area contributed by atoms with Crippen molar-refractivity contribution in [3.63, 3.8) is 0 Å². The number of benzene rings is 1. The smallest absolute Gasteiger partial charge is 0.128 e. The SMILES string of the molecule is CC(N)(c1ccccc1F)C1CCOC2(CCCC2)C1. The Hall–Kier alpha value is -0.930. The molecule has 1 saturated carbocycles. The average molecular weight is 277 g/mol. The lowest BCUT2D eigenvalue weighted by molar-refractivity contribution is -0.104. The zero-order valence-corrected chi connectivity index (χ0v) is 12.2. The number of rotatable bonds is 2. The largest absolute Gasteiger partial charge is 0.375 e. The summed E-state index contributed by atoms with van der Waals surface area (Å²) in [5.74, 6) is 0.0933. The van der Waals surface area contributed by atoms with Gasteiger partial charge in [0.25, 0.3) is 0 Å². The number of nitrogens with two attached hydrogens (primary N) is 1. The van der Waals surface area contributed by atoms with Crippen molar-refractivity contribution in [2.75, 3.05) is 6.61 Å². The second kappa shape index (κ2) is 5.12. The molecular formula is C17H24FNO. The summed E-state index contributed by atoms with van der Waals surface area (Å²) in [6, 6.07) is 6.92. The molecule has 1 aliphatic heterocycles. The Morgan fingerprint density at radius 1 is 1.30 bits per heavy atom. The van der Waals surface area contributed by atoms with E-state index in [0.29, 0.717) is 5.56 Å². The van der Waals surface area contributed by atoms with Gasteiger partial charge in [-0.05, 0) is 44.6 Å². The van der Waals surface area contributed by atoms with Crippen LogP contribution in [0.5, 0.6) is 0 Å². The van der Waals surface area contributed by atoms with E-state index in [2.05, 4.69) is 0 Å². The Labute approximate surface area is 120 Å². The summed E-state index contributed by atoms with van der Waals surface area (Å²) in [6.45, 7) is 2.73. The van der Waals surface area contributed by atoms with Gasteiger partial charge in [0.1, 0.15) is 5.82 Å². The number of halogens is 1. The minimum absolute atomic E-state index is 0.0226. The van der Waals surface area contributed by atoms with Crippen LogP contribution in [0, 0.1) is 11.7 Å². The van der Waals surface area contributed by atoms with Crippen molar-refractivity contribution in [1.29, 1.82) is 0 Å². The van der Waals surface area contributed by atoms with Crippen LogP contribution in [0.4, 0.5) is 4.39 Å². The molecule has 0 bridgehead atoms. The van der Waals surface area contributed by atoms with E-state index in [1.165, 1.54) is 18.9 Å². The minimum atomic E-state index is -0.620. The lowest BCUT2D eigenvalue weighted by Gasteiger charge is -2.45. The molecule has 1 heterocycles. The number of ether oxygens (including phenoxy) is 1. The predicted octanol–water partition coefficient (Wildman–Crippen LogP) is 3.74. The fraction of sp³-hybridized carbons (Fsp3) is 0.647. The zero-order chi connectivity index (χ0) is 14.2. The normalized spacial score (nSPS) is 28.4. The molecule has 3 heteroatoms. The van der Waals surface area contributed by atoms with E-state index in [4.69, 9.17) is 10.5 Å². The highest BCUT2D eigenvalue weighted by molar-refractivity contribution is 5.26. The second-order valence-corrected chi connectivity index (χ2v) is 6.69. The molecule has 1 aromatic carbocycles. The van der Waals surface area contributed by atoms with E-state index in [0.717, 1.165) is 32.3 Å². The zero-order valence-electron chi connectivity index (χ0n) is 12.2. The molecule has 1 saturated heterocycles. The first-order valence-corrected chi connectivity index (χ1v) is 7.71. The summed E-state index contributed by atoms with van der Waals surface area (Å²) in [6.07, 6.45) is 6.65. The lowest BCUT2D eigenvalue weighted by Crippen LogP contribution is -2.49. The van der Waals surface area contributed by atoms with Crippen LogP contribution >= 0.6 is 0 Å². The Balaban J connectivity index is 1.85. The molecule has 2 fully saturated rings. The molecule has 0 aromatic heterocycles. The first-order valence-electron chi connectivity index (χ1n) is 7.71. The van der Waals surface area contributed by atoms with Gasteiger partial charge in [-0.25, -0.2) is 4.39 Å². The van der Waals surface area contributed by atoms with Gasteiger partial charge in [0.05, 0.1) is 5.60 Å². The fourth-order valence-corrected chi connectivity index (χ4v) is 4.03. The maximum Gasteiger partial charge on any atom is 0.128 e. The Morgan fingerprint density at radius 2 is 2.00 bits per heavy atom. The van der Waals surface area contributed by atoms with Gasteiger partial charge in [-0.1, -0.05) is 31.0 Å². The third kappa shape index (κ3) is 2.38. The van der Waals surface area contributed by atoms with Crippen molar-refractivity contribution < 1.29 is 9.13 Å². The monoisotopic (exact) mass is 277 g/mol. The summed E-state index contributed by atoms with van der Waals surface area (Å²) in [5.41, 5.74) is 6.61. The van der Waals surface area contributed by atoms with Crippen molar-refractivity contribution in [2.24, 2.45) is 11.7 Å². The molecule has 0 radical (unpaired) electrons. The number of hydrogen-bond acceptors (Lipinski definition) is 2. The standard InChI is InChI=1S/C17H24FNO/c1-16(19,14-6-2-3-7-15(14)18)13-8-11-20-17(12-13)9-4-5-10-17/h2-3,6-7,13H,4-5,8-12,19H2,1H3. The Bertz CT molecular complexity index is 480. The van der Waals surface area contributed by atoms with Gasteiger partial charge in [-0.3, -0.25) is 0 Å². The minimum Gasteiger partial charge on any atom is -0.375 e. The first kappa shape index (κ1) is 14.0. The van der Waals surface area contributed by atoms with Gasteiger partial charge >= 0.3 is 0 Å². The summed E-state index contributed by atoms with van der Waals surface area (Å²) < 4.78 is 20.2. The Kier molecular flexibility index (Phi) is 3.59. The maximum absolute atomic E-state index is 14.1. The molecule has 1 aliphatic carbocycles. The first-order chi connectivity index (χ1) is 9.54. The van der Waals surface area contributed by atoms with E-state index in [1.54, 1.807) is 6.07 Å². The van der Waals surface area contributed by atoms with E-state index in [9.17, 15) is 4.39 Å². The van der Waals surface area contributed by atoms with Gasteiger partial charge in [-0.15, -0.1) is 0 Å². The summed E-state index contributed by atoms with van der Waals surface area (Å²) in [7, 11) is 0. The molecule has 3 rings (SSSR count). The average Bonchev–Trinajstić information content (AvgIpc) is 2.87. The van der Waals surface area contributed by atoms with Gasteiger partial charge in [0.15, 0.2) is 0 Å².